The highest BCUT2D eigenvalue weighted by Gasteiger charge is 2.16. The number of ether oxygens (including phenoxy) is 2. The Hall–Kier alpha value is -0.380. The lowest BCUT2D eigenvalue weighted by molar-refractivity contribution is -0.113. The summed E-state index contributed by atoms with van der Waals surface area (Å²) in [5.41, 5.74) is 1.25. The largest absolute Gasteiger partial charge is 0.349 e. The maximum absolute atomic E-state index is 5.67. The van der Waals surface area contributed by atoms with Gasteiger partial charge in [0.1, 0.15) is 0 Å². The second kappa shape index (κ2) is 10.8. The minimum atomic E-state index is -0.175. The van der Waals surface area contributed by atoms with Crippen molar-refractivity contribution in [2.75, 3.05) is 32.8 Å². The monoisotopic (exact) mass is 243 g/mol. The van der Waals surface area contributed by atoms with Crippen LogP contribution in [0, 0.1) is 0 Å². The van der Waals surface area contributed by atoms with Gasteiger partial charge in [0.2, 0.25) is 0 Å². The molecule has 0 saturated carbocycles. The Morgan fingerprint density at radius 2 is 1.53 bits per heavy atom. The molecule has 0 aromatic heterocycles. The molecule has 0 fully saturated rings. The van der Waals surface area contributed by atoms with E-state index in [0.717, 1.165) is 26.1 Å². The van der Waals surface area contributed by atoms with Crippen LogP contribution >= 0.6 is 0 Å². The average Bonchev–Trinajstić information content (AvgIpc) is 2.34. The van der Waals surface area contributed by atoms with Crippen molar-refractivity contribution in [1.29, 1.82) is 0 Å². The molecule has 0 aromatic carbocycles. The molecule has 102 valence electrons. The Kier molecular flexibility index (Phi) is 10.5. The highest BCUT2D eigenvalue weighted by atomic mass is 16.7. The van der Waals surface area contributed by atoms with Crippen molar-refractivity contribution < 1.29 is 9.47 Å². The lowest BCUT2D eigenvalue weighted by atomic mass is 10.2. The van der Waals surface area contributed by atoms with Crippen molar-refractivity contribution in [3.05, 3.63) is 11.6 Å². The normalized spacial score (nSPS) is 12.8. The first-order chi connectivity index (χ1) is 8.23. The Morgan fingerprint density at radius 1 is 1.00 bits per heavy atom. The topological polar surface area (TPSA) is 21.7 Å². The zero-order valence-corrected chi connectivity index (χ0v) is 12.2. The van der Waals surface area contributed by atoms with E-state index < -0.39 is 0 Å². The fourth-order valence-corrected chi connectivity index (χ4v) is 1.77. The van der Waals surface area contributed by atoms with E-state index in [0.29, 0.717) is 13.2 Å². The zero-order valence-electron chi connectivity index (χ0n) is 12.2. The summed E-state index contributed by atoms with van der Waals surface area (Å²) in [5, 5.41) is 0. The summed E-state index contributed by atoms with van der Waals surface area (Å²) < 4.78 is 11.3. The van der Waals surface area contributed by atoms with Gasteiger partial charge in [0.05, 0.1) is 0 Å². The molecule has 0 spiro atoms. The number of rotatable bonds is 10. The van der Waals surface area contributed by atoms with Crippen molar-refractivity contribution in [3.63, 3.8) is 0 Å². The quantitative estimate of drug-likeness (QED) is 0.435. The van der Waals surface area contributed by atoms with E-state index in [9.17, 15) is 0 Å². The van der Waals surface area contributed by atoms with Crippen LogP contribution < -0.4 is 0 Å². The van der Waals surface area contributed by atoms with Gasteiger partial charge >= 0.3 is 0 Å². The lowest BCUT2D eigenvalue weighted by Crippen LogP contribution is -2.31. The number of likely N-dealkylation sites (N-methyl/N-ethyl adjacent to an activating group) is 1. The first-order valence-electron chi connectivity index (χ1n) is 6.87. The van der Waals surface area contributed by atoms with Crippen LogP contribution in [-0.2, 0) is 9.47 Å². The summed E-state index contributed by atoms with van der Waals surface area (Å²) >= 11 is 0. The summed E-state index contributed by atoms with van der Waals surface area (Å²) in [6.45, 7) is 15.0. The molecule has 0 aliphatic carbocycles. The van der Waals surface area contributed by atoms with Gasteiger partial charge in [-0.3, -0.25) is 4.90 Å². The molecule has 0 amide bonds. The van der Waals surface area contributed by atoms with Crippen molar-refractivity contribution in [3.8, 4) is 0 Å². The van der Waals surface area contributed by atoms with E-state index in [1.54, 1.807) is 0 Å². The van der Waals surface area contributed by atoms with E-state index in [2.05, 4.69) is 31.7 Å². The van der Waals surface area contributed by atoms with Gasteiger partial charge in [-0.25, -0.2) is 0 Å². The van der Waals surface area contributed by atoms with Crippen LogP contribution in [0.15, 0.2) is 11.6 Å². The molecule has 0 aliphatic rings. The lowest BCUT2D eigenvalue weighted by Gasteiger charge is -2.25. The second-order valence-corrected chi connectivity index (χ2v) is 3.89. The molecule has 0 bridgehead atoms. The Morgan fingerprint density at radius 3 is 1.88 bits per heavy atom. The maximum atomic E-state index is 5.67. The molecule has 0 rings (SSSR count). The van der Waals surface area contributed by atoms with E-state index in [1.165, 1.54) is 5.57 Å². The van der Waals surface area contributed by atoms with Gasteiger partial charge in [-0.15, -0.1) is 0 Å². The van der Waals surface area contributed by atoms with Crippen LogP contribution in [0.25, 0.3) is 0 Å². The van der Waals surface area contributed by atoms with E-state index in [-0.39, 0.29) is 6.29 Å². The van der Waals surface area contributed by atoms with Gasteiger partial charge in [0.15, 0.2) is 6.29 Å². The molecule has 0 aliphatic heterocycles. The molecule has 0 aromatic rings. The van der Waals surface area contributed by atoms with Gasteiger partial charge in [-0.1, -0.05) is 26.8 Å². The third kappa shape index (κ3) is 6.81. The van der Waals surface area contributed by atoms with Gasteiger partial charge < -0.3 is 9.47 Å². The predicted octanol–water partition coefficient (Wildman–Crippen LogP) is 3.06. The molecular formula is C14H29NO2. The van der Waals surface area contributed by atoms with Crippen LogP contribution in [0.1, 0.15) is 41.0 Å². The Labute approximate surface area is 107 Å². The summed E-state index contributed by atoms with van der Waals surface area (Å²) in [6, 6.07) is 0. The summed E-state index contributed by atoms with van der Waals surface area (Å²) in [7, 11) is 0. The predicted molar refractivity (Wildman–Crippen MR) is 73.2 cm³/mol. The number of allylic oxidation sites excluding steroid dienone is 1. The third-order valence-electron chi connectivity index (χ3n) is 2.71. The van der Waals surface area contributed by atoms with Crippen molar-refractivity contribution in [2.24, 2.45) is 0 Å². The third-order valence-corrected chi connectivity index (χ3v) is 2.71. The Bertz CT molecular complexity index is 194. The first-order valence-corrected chi connectivity index (χ1v) is 6.87. The molecule has 0 heterocycles. The summed E-state index contributed by atoms with van der Waals surface area (Å²) in [5.74, 6) is 0. The Balaban J connectivity index is 4.60. The fourth-order valence-electron chi connectivity index (χ4n) is 1.77. The highest BCUT2D eigenvalue weighted by Crippen LogP contribution is 2.12. The van der Waals surface area contributed by atoms with E-state index in [4.69, 9.17) is 9.47 Å². The van der Waals surface area contributed by atoms with Crippen LogP contribution in [0.2, 0.25) is 0 Å². The van der Waals surface area contributed by atoms with Crippen molar-refractivity contribution in [1.82, 2.24) is 4.90 Å². The van der Waals surface area contributed by atoms with E-state index >= 15 is 0 Å². The van der Waals surface area contributed by atoms with Crippen LogP contribution in [-0.4, -0.2) is 44.0 Å². The standard InChI is InChI=1S/C14H29NO2/c1-6-11-13(12-15(7-2)8-3)14(16-9-4)17-10-5/h11,14H,6-10,12H2,1-5H3/b13-11-. The molecule has 17 heavy (non-hydrogen) atoms. The molecule has 3 heteroatoms. The van der Waals surface area contributed by atoms with Crippen molar-refractivity contribution >= 4 is 0 Å². The zero-order chi connectivity index (χ0) is 13.1. The van der Waals surface area contributed by atoms with Crippen molar-refractivity contribution in [2.45, 2.75) is 47.3 Å². The summed E-state index contributed by atoms with van der Waals surface area (Å²) in [4.78, 5) is 2.38. The van der Waals surface area contributed by atoms with Crippen LogP contribution in [0.4, 0.5) is 0 Å². The maximum Gasteiger partial charge on any atom is 0.180 e. The molecule has 0 unspecified atom stereocenters. The van der Waals surface area contributed by atoms with Gasteiger partial charge in [-0.2, -0.15) is 0 Å². The first kappa shape index (κ1) is 16.6. The fraction of sp³-hybridized carbons (Fsp3) is 0.857. The van der Waals surface area contributed by atoms with Gasteiger partial charge in [0, 0.05) is 19.8 Å². The van der Waals surface area contributed by atoms with Crippen LogP contribution in [0.5, 0.6) is 0 Å². The van der Waals surface area contributed by atoms with Gasteiger partial charge in [0.25, 0.3) is 0 Å². The van der Waals surface area contributed by atoms with Gasteiger partial charge in [-0.05, 0) is 38.9 Å². The smallest absolute Gasteiger partial charge is 0.180 e. The second-order valence-electron chi connectivity index (χ2n) is 3.89. The van der Waals surface area contributed by atoms with E-state index in [1.807, 2.05) is 13.8 Å². The SMILES string of the molecule is CC/C=C(/CN(CC)CC)C(OCC)OCC. The number of nitrogens with zero attached hydrogens (tertiary/aromatic N) is 1. The molecule has 0 radical (unpaired) electrons. The minimum Gasteiger partial charge on any atom is -0.349 e. The average molecular weight is 243 g/mol. The van der Waals surface area contributed by atoms with Crippen LogP contribution in [0.3, 0.4) is 0 Å². The minimum absolute atomic E-state index is 0.175. The number of hydrogen-bond donors (Lipinski definition) is 0. The summed E-state index contributed by atoms with van der Waals surface area (Å²) in [6.07, 6.45) is 3.08. The molecule has 0 atom stereocenters. The molecule has 0 N–H and O–H groups in total. The number of hydrogen-bond acceptors (Lipinski definition) is 3. The highest BCUT2D eigenvalue weighted by molar-refractivity contribution is 5.08. The molecular weight excluding hydrogens is 214 g/mol. The molecule has 0 saturated heterocycles. The molecule has 3 nitrogen and oxygen atoms in total.